The van der Waals surface area contributed by atoms with Gasteiger partial charge in [0.1, 0.15) is 11.5 Å². The zero-order valence-electron chi connectivity index (χ0n) is 13.8. The number of rotatable bonds is 8. The number of hydrogen-bond donors (Lipinski definition) is 0. The van der Waals surface area contributed by atoms with Crippen LogP contribution in [-0.4, -0.2) is 14.2 Å². The predicted molar refractivity (Wildman–Crippen MR) is 92.0 cm³/mol. The van der Waals surface area contributed by atoms with E-state index in [4.69, 9.17) is 9.47 Å². The van der Waals surface area contributed by atoms with Crippen molar-refractivity contribution in [3.05, 3.63) is 59.7 Å². The zero-order chi connectivity index (χ0) is 15.8. The van der Waals surface area contributed by atoms with E-state index in [1.54, 1.807) is 14.2 Å². The minimum atomic E-state index is 0.555. The molecule has 0 saturated carbocycles. The number of unbranched alkanes of at least 4 members (excludes halogenated alkanes) is 1. The van der Waals surface area contributed by atoms with Crippen LogP contribution in [0.5, 0.6) is 11.5 Å². The molecule has 22 heavy (non-hydrogen) atoms. The maximum absolute atomic E-state index is 5.26. The Hall–Kier alpha value is -1.96. The average molecular weight is 298 g/mol. The first-order valence-corrected chi connectivity index (χ1v) is 8.03. The molecule has 0 radical (unpaired) electrons. The van der Waals surface area contributed by atoms with Gasteiger partial charge in [-0.05, 0) is 54.2 Å². The summed E-state index contributed by atoms with van der Waals surface area (Å²) in [4.78, 5) is 0. The summed E-state index contributed by atoms with van der Waals surface area (Å²) >= 11 is 0. The van der Waals surface area contributed by atoms with Crippen LogP contribution in [0.25, 0.3) is 0 Å². The fourth-order valence-electron chi connectivity index (χ4n) is 2.76. The standard InChI is InChI=1S/C20H26O2/c1-4-5-6-18(17-9-13-20(22-3)14-10-17)15-16-7-11-19(21-2)12-8-16/h7-14,18H,4-6,15H2,1-3H3. The highest BCUT2D eigenvalue weighted by atomic mass is 16.5. The number of ether oxygens (including phenoxy) is 2. The first-order chi connectivity index (χ1) is 10.8. The number of benzene rings is 2. The van der Waals surface area contributed by atoms with Crippen molar-refractivity contribution < 1.29 is 9.47 Å². The summed E-state index contributed by atoms with van der Waals surface area (Å²) in [5.41, 5.74) is 2.75. The van der Waals surface area contributed by atoms with E-state index in [9.17, 15) is 0 Å². The lowest BCUT2D eigenvalue weighted by Gasteiger charge is -2.18. The lowest BCUT2D eigenvalue weighted by molar-refractivity contribution is 0.414. The molecule has 2 nitrogen and oxygen atoms in total. The summed E-state index contributed by atoms with van der Waals surface area (Å²) in [7, 11) is 3.41. The van der Waals surface area contributed by atoms with Crippen LogP contribution < -0.4 is 9.47 Å². The van der Waals surface area contributed by atoms with Crippen molar-refractivity contribution >= 4 is 0 Å². The number of methoxy groups -OCH3 is 2. The monoisotopic (exact) mass is 298 g/mol. The van der Waals surface area contributed by atoms with E-state index >= 15 is 0 Å². The van der Waals surface area contributed by atoms with E-state index in [1.165, 1.54) is 30.4 Å². The Morgan fingerprint density at radius 3 is 1.86 bits per heavy atom. The minimum Gasteiger partial charge on any atom is -0.497 e. The molecule has 0 aliphatic rings. The van der Waals surface area contributed by atoms with Crippen molar-refractivity contribution in [3.8, 4) is 11.5 Å². The highest BCUT2D eigenvalue weighted by Crippen LogP contribution is 2.28. The molecule has 0 bridgehead atoms. The molecule has 0 aliphatic carbocycles. The van der Waals surface area contributed by atoms with Gasteiger partial charge in [0.2, 0.25) is 0 Å². The van der Waals surface area contributed by atoms with Gasteiger partial charge in [0.25, 0.3) is 0 Å². The van der Waals surface area contributed by atoms with Gasteiger partial charge in [-0.15, -0.1) is 0 Å². The Bertz CT molecular complexity index is 543. The van der Waals surface area contributed by atoms with Crippen molar-refractivity contribution in [2.45, 2.75) is 38.5 Å². The van der Waals surface area contributed by atoms with Gasteiger partial charge in [0.15, 0.2) is 0 Å². The van der Waals surface area contributed by atoms with Crippen LogP contribution in [0.2, 0.25) is 0 Å². The molecule has 0 N–H and O–H groups in total. The van der Waals surface area contributed by atoms with Crippen LogP contribution >= 0.6 is 0 Å². The molecule has 0 saturated heterocycles. The molecule has 2 rings (SSSR count). The topological polar surface area (TPSA) is 18.5 Å². The van der Waals surface area contributed by atoms with Crippen molar-refractivity contribution in [2.75, 3.05) is 14.2 Å². The second-order valence-corrected chi connectivity index (χ2v) is 5.66. The van der Waals surface area contributed by atoms with E-state index in [1.807, 2.05) is 12.1 Å². The van der Waals surface area contributed by atoms with Gasteiger partial charge < -0.3 is 9.47 Å². The Kier molecular flexibility index (Phi) is 6.32. The predicted octanol–water partition coefficient (Wildman–Crippen LogP) is 5.22. The zero-order valence-corrected chi connectivity index (χ0v) is 13.8. The molecule has 2 aromatic rings. The molecular weight excluding hydrogens is 272 g/mol. The van der Waals surface area contributed by atoms with Crippen molar-refractivity contribution in [3.63, 3.8) is 0 Å². The van der Waals surface area contributed by atoms with E-state index in [0.29, 0.717) is 5.92 Å². The molecule has 0 aromatic heterocycles. The highest BCUT2D eigenvalue weighted by Gasteiger charge is 2.12. The fourth-order valence-corrected chi connectivity index (χ4v) is 2.76. The third-order valence-electron chi connectivity index (χ3n) is 4.13. The average Bonchev–Trinajstić information content (AvgIpc) is 2.59. The first-order valence-electron chi connectivity index (χ1n) is 8.03. The van der Waals surface area contributed by atoms with Crippen molar-refractivity contribution in [2.24, 2.45) is 0 Å². The third-order valence-corrected chi connectivity index (χ3v) is 4.13. The molecular formula is C20H26O2. The molecule has 0 aliphatic heterocycles. The number of hydrogen-bond acceptors (Lipinski definition) is 2. The third kappa shape index (κ3) is 4.52. The van der Waals surface area contributed by atoms with E-state index in [2.05, 4.69) is 43.3 Å². The summed E-state index contributed by atoms with van der Waals surface area (Å²) in [6, 6.07) is 16.9. The summed E-state index contributed by atoms with van der Waals surface area (Å²) in [6.07, 6.45) is 4.77. The second kappa shape index (κ2) is 8.47. The van der Waals surface area contributed by atoms with Crippen LogP contribution in [0.1, 0.15) is 43.2 Å². The highest BCUT2D eigenvalue weighted by molar-refractivity contribution is 5.32. The molecule has 0 heterocycles. The molecule has 2 heteroatoms. The van der Waals surface area contributed by atoms with Gasteiger partial charge in [-0.25, -0.2) is 0 Å². The Morgan fingerprint density at radius 2 is 1.36 bits per heavy atom. The molecule has 0 fully saturated rings. The van der Waals surface area contributed by atoms with Gasteiger partial charge in [-0.1, -0.05) is 44.0 Å². The van der Waals surface area contributed by atoms with Crippen molar-refractivity contribution in [1.29, 1.82) is 0 Å². The summed E-state index contributed by atoms with van der Waals surface area (Å²) < 4.78 is 10.5. The van der Waals surface area contributed by atoms with Gasteiger partial charge in [-0.2, -0.15) is 0 Å². The Morgan fingerprint density at radius 1 is 0.818 bits per heavy atom. The van der Waals surface area contributed by atoms with E-state index in [-0.39, 0.29) is 0 Å². The van der Waals surface area contributed by atoms with Crippen molar-refractivity contribution in [1.82, 2.24) is 0 Å². The molecule has 118 valence electrons. The summed E-state index contributed by atoms with van der Waals surface area (Å²) in [5.74, 6) is 2.39. The maximum Gasteiger partial charge on any atom is 0.118 e. The molecule has 1 unspecified atom stereocenters. The molecule has 0 amide bonds. The lowest BCUT2D eigenvalue weighted by atomic mass is 9.88. The van der Waals surface area contributed by atoms with Crippen LogP contribution in [0.15, 0.2) is 48.5 Å². The van der Waals surface area contributed by atoms with Crippen LogP contribution in [0.4, 0.5) is 0 Å². The summed E-state index contributed by atoms with van der Waals surface area (Å²) in [6.45, 7) is 2.25. The van der Waals surface area contributed by atoms with E-state index in [0.717, 1.165) is 17.9 Å². The largest absolute Gasteiger partial charge is 0.497 e. The quantitative estimate of drug-likeness (QED) is 0.665. The maximum atomic E-state index is 5.26. The lowest BCUT2D eigenvalue weighted by Crippen LogP contribution is -2.03. The summed E-state index contributed by atoms with van der Waals surface area (Å²) in [5, 5.41) is 0. The molecule has 0 spiro atoms. The van der Waals surface area contributed by atoms with E-state index < -0.39 is 0 Å². The van der Waals surface area contributed by atoms with Gasteiger partial charge in [0, 0.05) is 0 Å². The van der Waals surface area contributed by atoms with Crippen LogP contribution in [0.3, 0.4) is 0 Å². The second-order valence-electron chi connectivity index (χ2n) is 5.66. The normalized spacial score (nSPS) is 12.0. The van der Waals surface area contributed by atoms with Gasteiger partial charge in [-0.3, -0.25) is 0 Å². The molecule has 2 aromatic carbocycles. The first kappa shape index (κ1) is 16.4. The fraction of sp³-hybridized carbons (Fsp3) is 0.400. The smallest absolute Gasteiger partial charge is 0.118 e. The minimum absolute atomic E-state index is 0.555. The Labute approximate surface area is 134 Å². The van der Waals surface area contributed by atoms with Crippen LogP contribution in [-0.2, 0) is 6.42 Å². The molecule has 1 atom stereocenters. The van der Waals surface area contributed by atoms with Gasteiger partial charge >= 0.3 is 0 Å². The van der Waals surface area contributed by atoms with Gasteiger partial charge in [0.05, 0.1) is 14.2 Å². The van der Waals surface area contributed by atoms with Crippen LogP contribution in [0, 0.1) is 0 Å². The SMILES string of the molecule is CCCCC(Cc1ccc(OC)cc1)c1ccc(OC)cc1. The Balaban J connectivity index is 2.13.